The second kappa shape index (κ2) is 6.86. The van der Waals surface area contributed by atoms with Gasteiger partial charge in [-0.15, -0.1) is 11.3 Å². The number of aromatic nitrogens is 2. The van der Waals surface area contributed by atoms with E-state index in [2.05, 4.69) is 18.3 Å². The van der Waals surface area contributed by atoms with E-state index in [9.17, 15) is 5.11 Å². The minimum absolute atomic E-state index is 0.509. The molecule has 2 N–H and O–H groups in total. The van der Waals surface area contributed by atoms with Gasteiger partial charge in [-0.2, -0.15) is 0 Å². The van der Waals surface area contributed by atoms with E-state index >= 15 is 0 Å². The lowest BCUT2D eigenvalue weighted by Gasteiger charge is -2.11. The fourth-order valence-electron chi connectivity index (χ4n) is 2.87. The van der Waals surface area contributed by atoms with Crippen molar-refractivity contribution in [3.63, 3.8) is 0 Å². The van der Waals surface area contributed by atoms with Crippen LogP contribution in [0.2, 0.25) is 0 Å². The number of thiophene rings is 1. The van der Waals surface area contributed by atoms with Crippen LogP contribution in [0.15, 0.2) is 60.7 Å². The second-order valence-electron chi connectivity index (χ2n) is 6.26. The summed E-state index contributed by atoms with van der Waals surface area (Å²) in [5.41, 5.74) is 2.75. The Morgan fingerprint density at radius 3 is 2.58 bits per heavy atom. The fourth-order valence-corrected chi connectivity index (χ4v) is 3.75. The summed E-state index contributed by atoms with van der Waals surface area (Å²) in [6.45, 7) is 3.84. The van der Waals surface area contributed by atoms with Gasteiger partial charge in [0.15, 0.2) is 5.82 Å². The van der Waals surface area contributed by atoms with Gasteiger partial charge in [0.25, 0.3) is 0 Å². The Morgan fingerprint density at radius 1 is 1.00 bits per heavy atom. The minimum atomic E-state index is -0.509. The molecular weight excluding hydrogens is 342 g/mol. The predicted molar refractivity (Wildman–Crippen MR) is 108 cm³/mol. The Bertz CT molecular complexity index is 1060. The zero-order chi connectivity index (χ0) is 18.1. The molecule has 5 heteroatoms. The highest BCUT2D eigenvalue weighted by atomic mass is 32.1. The number of nitrogens with zero attached hydrogens (tertiary/aromatic N) is 2. The summed E-state index contributed by atoms with van der Waals surface area (Å²) in [6, 6.07) is 19.9. The lowest BCUT2D eigenvalue weighted by atomic mass is 10.1. The van der Waals surface area contributed by atoms with Crippen LogP contribution in [0.4, 0.5) is 11.5 Å². The van der Waals surface area contributed by atoms with Crippen molar-refractivity contribution in [3.05, 3.63) is 71.1 Å². The van der Waals surface area contributed by atoms with Crippen LogP contribution in [0.3, 0.4) is 0 Å². The molecule has 4 rings (SSSR count). The summed E-state index contributed by atoms with van der Waals surface area (Å²) < 4.78 is 0. The standard InChI is InChI=1S/C21H19N3OS/c1-13-11-18-20(22-17-10-6-9-16(12-17)14(2)25)23-19(24-21(18)26-13)15-7-4-3-5-8-15/h3-12,14,25H,1-2H3,(H,22,23,24). The second-order valence-corrected chi connectivity index (χ2v) is 7.50. The number of aliphatic hydroxyl groups excluding tert-OH is 1. The molecule has 0 aliphatic carbocycles. The summed E-state index contributed by atoms with van der Waals surface area (Å²) in [4.78, 5) is 11.7. The number of rotatable bonds is 4. The van der Waals surface area contributed by atoms with Gasteiger partial charge in [0.1, 0.15) is 10.6 Å². The van der Waals surface area contributed by atoms with Crippen molar-refractivity contribution in [2.45, 2.75) is 20.0 Å². The number of aliphatic hydroxyl groups is 1. The molecule has 0 radical (unpaired) electrons. The van der Waals surface area contributed by atoms with E-state index in [1.165, 1.54) is 4.88 Å². The molecule has 0 aliphatic rings. The van der Waals surface area contributed by atoms with E-state index in [4.69, 9.17) is 9.97 Å². The molecule has 130 valence electrons. The summed E-state index contributed by atoms with van der Waals surface area (Å²) in [7, 11) is 0. The number of aryl methyl sites for hydroxylation is 1. The normalized spacial score (nSPS) is 12.3. The van der Waals surface area contributed by atoms with Gasteiger partial charge in [-0.05, 0) is 37.6 Å². The first-order chi connectivity index (χ1) is 12.6. The molecule has 0 spiro atoms. The molecule has 0 saturated carbocycles. The third-order valence-corrected chi connectivity index (χ3v) is 5.12. The highest BCUT2D eigenvalue weighted by molar-refractivity contribution is 7.18. The van der Waals surface area contributed by atoms with Gasteiger partial charge >= 0.3 is 0 Å². The van der Waals surface area contributed by atoms with E-state index in [0.717, 1.165) is 32.8 Å². The zero-order valence-electron chi connectivity index (χ0n) is 14.6. The maximum absolute atomic E-state index is 9.83. The number of benzene rings is 2. The van der Waals surface area contributed by atoms with Crippen molar-refractivity contribution >= 4 is 33.1 Å². The maximum Gasteiger partial charge on any atom is 0.163 e. The number of hydrogen-bond donors (Lipinski definition) is 2. The number of anilines is 2. The average Bonchev–Trinajstić information content (AvgIpc) is 3.03. The lowest BCUT2D eigenvalue weighted by Crippen LogP contribution is -1.99. The first-order valence-corrected chi connectivity index (χ1v) is 9.30. The molecule has 0 aliphatic heterocycles. The SMILES string of the molecule is Cc1cc2c(Nc3cccc(C(C)O)c3)nc(-c3ccccc3)nc2s1. The molecule has 2 heterocycles. The van der Waals surface area contributed by atoms with Gasteiger partial charge in [0.2, 0.25) is 0 Å². The third-order valence-electron chi connectivity index (χ3n) is 4.18. The van der Waals surface area contributed by atoms with Gasteiger partial charge < -0.3 is 10.4 Å². The molecule has 0 amide bonds. The van der Waals surface area contributed by atoms with Crippen molar-refractivity contribution in [1.82, 2.24) is 9.97 Å². The molecule has 2 aromatic heterocycles. The van der Waals surface area contributed by atoms with Crippen molar-refractivity contribution in [1.29, 1.82) is 0 Å². The van der Waals surface area contributed by atoms with Gasteiger partial charge in [0, 0.05) is 16.1 Å². The number of hydrogen-bond acceptors (Lipinski definition) is 5. The maximum atomic E-state index is 9.83. The van der Waals surface area contributed by atoms with E-state index in [1.54, 1.807) is 18.3 Å². The van der Waals surface area contributed by atoms with Crippen molar-refractivity contribution in [2.75, 3.05) is 5.32 Å². The molecule has 0 fully saturated rings. The van der Waals surface area contributed by atoms with Crippen LogP contribution in [0.1, 0.15) is 23.5 Å². The predicted octanol–water partition coefficient (Wildman–Crippen LogP) is 5.46. The third kappa shape index (κ3) is 3.31. The first kappa shape index (κ1) is 16.7. The molecular formula is C21H19N3OS. The smallest absolute Gasteiger partial charge is 0.163 e. The number of fused-ring (bicyclic) bond motifs is 1. The quantitative estimate of drug-likeness (QED) is 0.506. The summed E-state index contributed by atoms with van der Waals surface area (Å²) in [6.07, 6.45) is -0.509. The van der Waals surface area contributed by atoms with E-state index in [0.29, 0.717) is 5.82 Å². The van der Waals surface area contributed by atoms with Gasteiger partial charge in [-0.1, -0.05) is 42.5 Å². The molecule has 2 aromatic carbocycles. The monoisotopic (exact) mass is 361 g/mol. The van der Waals surface area contributed by atoms with Crippen LogP contribution in [0.25, 0.3) is 21.6 Å². The molecule has 0 bridgehead atoms. The molecule has 4 aromatic rings. The molecule has 1 unspecified atom stereocenters. The highest BCUT2D eigenvalue weighted by Crippen LogP contribution is 2.32. The van der Waals surface area contributed by atoms with Crippen LogP contribution in [-0.4, -0.2) is 15.1 Å². The Labute approximate surface area is 156 Å². The molecule has 0 saturated heterocycles. The zero-order valence-corrected chi connectivity index (χ0v) is 15.4. The van der Waals surface area contributed by atoms with E-state index in [1.807, 2.05) is 54.6 Å². The molecule has 1 atom stereocenters. The van der Waals surface area contributed by atoms with Crippen molar-refractivity contribution < 1.29 is 5.11 Å². The highest BCUT2D eigenvalue weighted by Gasteiger charge is 2.12. The van der Waals surface area contributed by atoms with Crippen LogP contribution in [0, 0.1) is 6.92 Å². The van der Waals surface area contributed by atoms with Crippen LogP contribution >= 0.6 is 11.3 Å². The van der Waals surface area contributed by atoms with Crippen LogP contribution in [-0.2, 0) is 0 Å². The van der Waals surface area contributed by atoms with E-state index < -0.39 is 6.10 Å². The minimum Gasteiger partial charge on any atom is -0.389 e. The van der Waals surface area contributed by atoms with Crippen LogP contribution in [0.5, 0.6) is 0 Å². The largest absolute Gasteiger partial charge is 0.389 e. The fraction of sp³-hybridized carbons (Fsp3) is 0.143. The Hall–Kier alpha value is -2.76. The Balaban J connectivity index is 1.82. The summed E-state index contributed by atoms with van der Waals surface area (Å²) in [5, 5.41) is 14.2. The summed E-state index contributed by atoms with van der Waals surface area (Å²) in [5.74, 6) is 1.48. The van der Waals surface area contributed by atoms with Gasteiger partial charge in [0.05, 0.1) is 11.5 Å². The average molecular weight is 361 g/mol. The Morgan fingerprint density at radius 2 is 1.81 bits per heavy atom. The van der Waals surface area contributed by atoms with Crippen molar-refractivity contribution in [2.24, 2.45) is 0 Å². The molecule has 26 heavy (non-hydrogen) atoms. The van der Waals surface area contributed by atoms with Crippen LogP contribution < -0.4 is 5.32 Å². The van der Waals surface area contributed by atoms with Gasteiger partial charge in [-0.25, -0.2) is 9.97 Å². The van der Waals surface area contributed by atoms with Crippen molar-refractivity contribution in [3.8, 4) is 11.4 Å². The first-order valence-electron chi connectivity index (χ1n) is 8.49. The van der Waals surface area contributed by atoms with E-state index in [-0.39, 0.29) is 0 Å². The number of nitrogens with one attached hydrogen (secondary N) is 1. The summed E-state index contributed by atoms with van der Waals surface area (Å²) >= 11 is 1.66. The molecule has 4 nitrogen and oxygen atoms in total. The van der Waals surface area contributed by atoms with Gasteiger partial charge in [-0.3, -0.25) is 0 Å². The Kier molecular flexibility index (Phi) is 4.41. The topological polar surface area (TPSA) is 58.0 Å². The lowest BCUT2D eigenvalue weighted by molar-refractivity contribution is 0.199.